The van der Waals surface area contributed by atoms with Crippen LogP contribution in [0.4, 0.5) is 4.39 Å². The molecule has 1 aromatic carbocycles. The molecule has 0 aliphatic heterocycles. The largest absolute Gasteiger partial charge is 0.390 e. The van der Waals surface area contributed by atoms with Crippen molar-refractivity contribution in [2.24, 2.45) is 0 Å². The molecule has 1 aromatic heterocycles. The van der Waals surface area contributed by atoms with Crippen molar-refractivity contribution in [2.75, 3.05) is 0 Å². The van der Waals surface area contributed by atoms with E-state index in [-0.39, 0.29) is 27.4 Å². The number of rotatable bonds is 2. The Morgan fingerprint density at radius 3 is 2.44 bits per heavy atom. The second kappa shape index (κ2) is 5.41. The molecule has 2 aromatic rings. The Balaban J connectivity index is 2.65. The van der Waals surface area contributed by atoms with Crippen LogP contribution in [0.25, 0.3) is 11.3 Å². The lowest BCUT2D eigenvalue weighted by molar-refractivity contribution is 0.276. The van der Waals surface area contributed by atoms with Gasteiger partial charge in [0, 0.05) is 5.56 Å². The molecule has 2 rings (SSSR count). The third-order valence-corrected chi connectivity index (χ3v) is 3.65. The van der Waals surface area contributed by atoms with Crippen molar-refractivity contribution in [1.29, 1.82) is 0 Å². The van der Waals surface area contributed by atoms with Gasteiger partial charge in [-0.3, -0.25) is 0 Å². The van der Waals surface area contributed by atoms with E-state index in [9.17, 15) is 4.39 Å². The molecule has 0 unspecified atom stereocenters. The Bertz CT molecular complexity index is 604. The van der Waals surface area contributed by atoms with Crippen LogP contribution < -0.4 is 0 Å². The third kappa shape index (κ3) is 2.45. The highest BCUT2D eigenvalue weighted by Gasteiger charge is 2.15. The van der Waals surface area contributed by atoms with Crippen molar-refractivity contribution >= 4 is 34.8 Å². The zero-order chi connectivity index (χ0) is 13.3. The molecule has 0 atom stereocenters. The molecular formula is C12H7Cl3FNO. The highest BCUT2D eigenvalue weighted by atomic mass is 35.5. The highest BCUT2D eigenvalue weighted by molar-refractivity contribution is 6.49. The summed E-state index contributed by atoms with van der Waals surface area (Å²) in [6.45, 7) is -0.285. The highest BCUT2D eigenvalue weighted by Crippen LogP contribution is 2.38. The van der Waals surface area contributed by atoms with E-state index in [4.69, 9.17) is 39.9 Å². The predicted molar refractivity (Wildman–Crippen MR) is 70.6 cm³/mol. The first-order valence-electron chi connectivity index (χ1n) is 4.94. The number of aliphatic hydroxyl groups excluding tert-OH is 1. The average molecular weight is 307 g/mol. The van der Waals surface area contributed by atoms with Crippen LogP contribution >= 0.6 is 34.8 Å². The van der Waals surface area contributed by atoms with E-state index < -0.39 is 5.82 Å². The SMILES string of the molecule is OCc1ccc(F)c(-c2ccc(Cl)c(Cl)c2Cl)n1. The summed E-state index contributed by atoms with van der Waals surface area (Å²) in [5, 5.41) is 9.56. The van der Waals surface area contributed by atoms with E-state index in [1.54, 1.807) is 0 Å². The second-order valence-corrected chi connectivity index (χ2v) is 4.68. The van der Waals surface area contributed by atoms with E-state index in [1.807, 2.05) is 0 Å². The summed E-state index contributed by atoms with van der Waals surface area (Å²) >= 11 is 17.7. The van der Waals surface area contributed by atoms with Crippen LogP contribution in [0.3, 0.4) is 0 Å². The molecule has 6 heteroatoms. The molecule has 1 N–H and O–H groups in total. The summed E-state index contributed by atoms with van der Waals surface area (Å²) in [6.07, 6.45) is 0. The van der Waals surface area contributed by atoms with E-state index >= 15 is 0 Å². The van der Waals surface area contributed by atoms with Crippen molar-refractivity contribution in [3.63, 3.8) is 0 Å². The Morgan fingerprint density at radius 1 is 1.06 bits per heavy atom. The summed E-state index contributed by atoms with van der Waals surface area (Å²) in [5.74, 6) is -0.549. The summed E-state index contributed by atoms with van der Waals surface area (Å²) in [7, 11) is 0. The van der Waals surface area contributed by atoms with Crippen molar-refractivity contribution in [3.05, 3.63) is 50.8 Å². The quantitative estimate of drug-likeness (QED) is 0.837. The maximum absolute atomic E-state index is 13.7. The Morgan fingerprint density at radius 2 is 1.78 bits per heavy atom. The van der Waals surface area contributed by atoms with Gasteiger partial charge < -0.3 is 5.11 Å². The Hall–Kier alpha value is -0.870. The first-order chi connectivity index (χ1) is 8.54. The molecule has 1 heterocycles. The second-order valence-electron chi connectivity index (χ2n) is 3.51. The molecule has 0 aliphatic carbocycles. The standard InChI is InChI=1S/C12H7Cl3FNO/c13-8-3-2-7(10(14)11(8)15)12-9(16)4-1-6(5-18)17-12/h1-4,18H,5H2. The van der Waals surface area contributed by atoms with Gasteiger partial charge in [0.15, 0.2) is 0 Å². The zero-order valence-corrected chi connectivity index (χ0v) is 11.2. The van der Waals surface area contributed by atoms with Crippen LogP contribution in [0.5, 0.6) is 0 Å². The van der Waals surface area contributed by atoms with Crippen LogP contribution in [0.2, 0.25) is 15.1 Å². The summed E-state index contributed by atoms with van der Waals surface area (Å²) in [4.78, 5) is 3.98. The maximum atomic E-state index is 13.7. The topological polar surface area (TPSA) is 33.1 Å². The van der Waals surface area contributed by atoms with Crippen molar-refractivity contribution in [2.45, 2.75) is 6.61 Å². The Labute approximate surface area is 118 Å². The van der Waals surface area contributed by atoms with Crippen molar-refractivity contribution < 1.29 is 9.50 Å². The number of halogens is 4. The summed E-state index contributed by atoms with van der Waals surface area (Å²) < 4.78 is 13.7. The summed E-state index contributed by atoms with van der Waals surface area (Å²) in [5.41, 5.74) is 0.706. The van der Waals surface area contributed by atoms with Gasteiger partial charge in [0.1, 0.15) is 11.5 Å². The fourth-order valence-corrected chi connectivity index (χ4v) is 2.09. The first kappa shape index (κ1) is 13.6. The van der Waals surface area contributed by atoms with Gasteiger partial charge in [-0.05, 0) is 24.3 Å². The van der Waals surface area contributed by atoms with E-state index in [2.05, 4.69) is 4.98 Å². The third-order valence-electron chi connectivity index (χ3n) is 2.36. The number of benzene rings is 1. The molecule has 0 saturated carbocycles. The molecule has 0 spiro atoms. The number of hydrogen-bond donors (Lipinski definition) is 1. The number of nitrogens with zero attached hydrogens (tertiary/aromatic N) is 1. The maximum Gasteiger partial charge on any atom is 0.149 e. The van der Waals surface area contributed by atoms with Gasteiger partial charge in [-0.2, -0.15) is 0 Å². The number of hydrogen-bond acceptors (Lipinski definition) is 2. The normalized spacial score (nSPS) is 10.7. The fourth-order valence-electron chi connectivity index (χ4n) is 1.47. The lowest BCUT2D eigenvalue weighted by Crippen LogP contribution is -1.96. The van der Waals surface area contributed by atoms with Crippen molar-refractivity contribution in [3.8, 4) is 11.3 Å². The molecule has 0 amide bonds. The fraction of sp³-hybridized carbons (Fsp3) is 0.0833. The molecule has 2 nitrogen and oxygen atoms in total. The van der Waals surface area contributed by atoms with Crippen molar-refractivity contribution in [1.82, 2.24) is 4.98 Å². The first-order valence-corrected chi connectivity index (χ1v) is 6.08. The van der Waals surface area contributed by atoms with Crippen LogP contribution in [-0.4, -0.2) is 10.1 Å². The minimum atomic E-state index is -0.549. The molecule has 94 valence electrons. The minimum absolute atomic E-state index is 0.0325. The molecule has 0 fully saturated rings. The predicted octanol–water partition coefficient (Wildman–Crippen LogP) is 4.34. The molecule has 18 heavy (non-hydrogen) atoms. The van der Waals surface area contributed by atoms with E-state index in [0.717, 1.165) is 0 Å². The zero-order valence-electron chi connectivity index (χ0n) is 8.92. The van der Waals surface area contributed by atoms with E-state index in [1.165, 1.54) is 24.3 Å². The molecule has 0 bridgehead atoms. The van der Waals surface area contributed by atoms with Gasteiger partial charge in [-0.1, -0.05) is 34.8 Å². The monoisotopic (exact) mass is 305 g/mol. The van der Waals surface area contributed by atoms with Gasteiger partial charge in [-0.15, -0.1) is 0 Å². The van der Waals surface area contributed by atoms with Gasteiger partial charge >= 0.3 is 0 Å². The average Bonchev–Trinajstić information content (AvgIpc) is 2.37. The van der Waals surface area contributed by atoms with Crippen LogP contribution in [0, 0.1) is 5.82 Å². The number of aliphatic hydroxyl groups is 1. The molecule has 0 radical (unpaired) electrons. The van der Waals surface area contributed by atoms with Gasteiger partial charge in [0.05, 0.1) is 27.4 Å². The smallest absolute Gasteiger partial charge is 0.149 e. The van der Waals surface area contributed by atoms with Gasteiger partial charge in [0.2, 0.25) is 0 Å². The summed E-state index contributed by atoms with van der Waals surface area (Å²) in [6, 6.07) is 5.65. The van der Waals surface area contributed by atoms with Gasteiger partial charge in [-0.25, -0.2) is 9.37 Å². The Kier molecular flexibility index (Phi) is 4.07. The number of pyridine rings is 1. The minimum Gasteiger partial charge on any atom is -0.390 e. The molecular weight excluding hydrogens is 299 g/mol. The lowest BCUT2D eigenvalue weighted by atomic mass is 10.1. The van der Waals surface area contributed by atoms with Crippen LogP contribution in [-0.2, 0) is 6.61 Å². The van der Waals surface area contributed by atoms with Crippen LogP contribution in [0.1, 0.15) is 5.69 Å². The number of aromatic nitrogens is 1. The lowest BCUT2D eigenvalue weighted by Gasteiger charge is -2.08. The van der Waals surface area contributed by atoms with E-state index in [0.29, 0.717) is 11.3 Å². The molecule has 0 saturated heterocycles. The van der Waals surface area contributed by atoms with Crippen LogP contribution in [0.15, 0.2) is 24.3 Å². The van der Waals surface area contributed by atoms with Gasteiger partial charge in [0.25, 0.3) is 0 Å². The molecule has 0 aliphatic rings.